The summed E-state index contributed by atoms with van der Waals surface area (Å²) in [5.74, 6) is 0.340. The Morgan fingerprint density at radius 1 is 0.672 bits per heavy atom. The number of halogens is 1. The molecule has 64 heavy (non-hydrogen) atoms. The number of nitrogens with zero attached hydrogens (tertiary/aromatic N) is 8. The lowest BCUT2D eigenvalue weighted by Crippen LogP contribution is -2.17. The molecule has 1 aliphatic rings. The van der Waals surface area contributed by atoms with Crippen molar-refractivity contribution in [2.75, 3.05) is 10.6 Å². The van der Waals surface area contributed by atoms with Gasteiger partial charge in [-0.25, -0.2) is 19.4 Å². The van der Waals surface area contributed by atoms with E-state index in [1.54, 1.807) is 68.4 Å². The van der Waals surface area contributed by atoms with Gasteiger partial charge in [-0.1, -0.05) is 66.8 Å². The molecule has 1 unspecified atom stereocenters. The summed E-state index contributed by atoms with van der Waals surface area (Å²) in [5.41, 5.74) is 7.29. The first-order valence-corrected chi connectivity index (χ1v) is 20.8. The van der Waals surface area contributed by atoms with Crippen molar-refractivity contribution in [3.63, 3.8) is 0 Å². The highest BCUT2D eigenvalue weighted by molar-refractivity contribution is 6.11. The zero-order valence-electron chi connectivity index (χ0n) is 35.2. The number of hydrogen-bond donors (Lipinski definition) is 2. The van der Waals surface area contributed by atoms with Crippen molar-refractivity contribution in [2.24, 2.45) is 4.99 Å². The second-order valence-electron chi connectivity index (χ2n) is 15.2. The zero-order valence-corrected chi connectivity index (χ0v) is 35.2. The molecule has 2 amide bonds. The Hall–Kier alpha value is -8.19. The van der Waals surface area contributed by atoms with Crippen molar-refractivity contribution >= 4 is 34.9 Å². The third kappa shape index (κ3) is 10.6. The third-order valence-corrected chi connectivity index (χ3v) is 10.4. The van der Waals surface area contributed by atoms with Gasteiger partial charge in [-0.15, -0.1) is 5.10 Å². The van der Waals surface area contributed by atoms with Gasteiger partial charge in [0.15, 0.2) is 5.67 Å². The van der Waals surface area contributed by atoms with Crippen LogP contribution in [0.2, 0.25) is 0 Å². The van der Waals surface area contributed by atoms with Crippen molar-refractivity contribution in [1.82, 2.24) is 35.3 Å². The van der Waals surface area contributed by atoms with Gasteiger partial charge in [-0.2, -0.15) is 15.3 Å². The predicted molar refractivity (Wildman–Crippen MR) is 247 cm³/mol. The number of alkyl halides is 1. The topological polar surface area (TPSA) is 161 Å². The SMILES string of the molecule is CC=CC(C)(F)c1cc(CC(=O)Nc2ccc(-c3ccccn3)cn2)ccc1-c1cnnc(C2=CCC/C=C\C(c3ccc(NC(=O)Cc4ccc(-c5ccnnc5)cc4)nc3)=N2)c1. The molecule has 0 bridgehead atoms. The molecule has 0 spiro atoms. The fraction of sp³-hybridized carbons (Fsp3) is 0.137. The molecule has 0 aliphatic carbocycles. The van der Waals surface area contributed by atoms with E-state index in [1.165, 1.54) is 13.0 Å². The molecule has 1 aliphatic heterocycles. The molecule has 1 atom stereocenters. The van der Waals surface area contributed by atoms with Crippen LogP contribution in [0.3, 0.4) is 0 Å². The summed E-state index contributed by atoms with van der Waals surface area (Å²) in [4.78, 5) is 44.4. The lowest BCUT2D eigenvalue weighted by Gasteiger charge is -2.22. The number of pyridine rings is 3. The number of amides is 2. The molecular weight excluding hydrogens is 804 g/mol. The average molecular weight is 847 g/mol. The van der Waals surface area contributed by atoms with Crippen LogP contribution >= 0.6 is 0 Å². The zero-order chi connectivity index (χ0) is 44.3. The summed E-state index contributed by atoms with van der Waals surface area (Å²) in [6.45, 7) is 3.26. The van der Waals surface area contributed by atoms with Crippen molar-refractivity contribution in [2.45, 2.75) is 45.2 Å². The Bertz CT molecular complexity index is 2880. The number of rotatable bonds is 13. The fourth-order valence-corrected chi connectivity index (χ4v) is 7.24. The first-order valence-electron chi connectivity index (χ1n) is 20.8. The second kappa shape index (κ2) is 19.7. The van der Waals surface area contributed by atoms with E-state index in [9.17, 15) is 9.59 Å². The molecule has 8 rings (SSSR count). The number of nitrogens with one attached hydrogen (secondary N) is 2. The van der Waals surface area contributed by atoms with Gasteiger partial charge >= 0.3 is 0 Å². The highest BCUT2D eigenvalue weighted by Gasteiger charge is 2.27. The summed E-state index contributed by atoms with van der Waals surface area (Å²) in [5, 5.41) is 22.3. The Morgan fingerprint density at radius 3 is 2.08 bits per heavy atom. The van der Waals surface area contributed by atoms with Crippen LogP contribution in [0.25, 0.3) is 39.2 Å². The highest BCUT2D eigenvalue weighted by atomic mass is 19.1. The summed E-state index contributed by atoms with van der Waals surface area (Å²) >= 11 is 0. The normalized spacial score (nSPS) is 14.0. The third-order valence-electron chi connectivity index (χ3n) is 10.4. The van der Waals surface area contributed by atoms with Crippen LogP contribution in [0, 0.1) is 0 Å². The van der Waals surface area contributed by atoms with Crippen molar-refractivity contribution in [3.05, 3.63) is 193 Å². The standard InChI is InChI=1S/C51H43FN10O2/c1-3-23-51(2,52)42-26-35(28-50(64)61-47-20-17-38(30-54-47)43-9-7-8-24-53-43)14-19-41(42)40-29-46(62-58-33-40)45-11-6-4-5-10-44(59-45)39-18-21-48(55-31-39)60-49(63)27-34-12-15-36(16-13-34)37-22-25-56-57-32-37/h3,5,7-26,29-33H,4,6,27-28H2,1-2H3,(H,54,61,64)(H,55,60,63)/b10-5-,23-3?,45-11?,59-44?. The van der Waals surface area contributed by atoms with Gasteiger partial charge in [0.05, 0.1) is 48.5 Å². The Kier molecular flexibility index (Phi) is 13.1. The number of benzene rings is 2. The van der Waals surface area contributed by atoms with E-state index in [1.807, 2.05) is 97.1 Å². The first kappa shape index (κ1) is 42.5. The summed E-state index contributed by atoms with van der Waals surface area (Å²) in [6, 6.07) is 29.6. The molecule has 7 aromatic rings. The molecule has 316 valence electrons. The van der Waals surface area contributed by atoms with E-state index in [-0.39, 0.29) is 24.7 Å². The maximum absolute atomic E-state index is 16.6. The van der Waals surface area contributed by atoms with Crippen molar-refractivity contribution < 1.29 is 14.0 Å². The van der Waals surface area contributed by atoms with E-state index >= 15 is 4.39 Å². The molecule has 0 saturated carbocycles. The van der Waals surface area contributed by atoms with E-state index < -0.39 is 5.67 Å². The molecule has 12 nitrogen and oxygen atoms in total. The van der Waals surface area contributed by atoms with Gasteiger partial charge in [0, 0.05) is 46.4 Å². The molecule has 0 saturated heterocycles. The van der Waals surface area contributed by atoms with Gasteiger partial charge in [0.25, 0.3) is 0 Å². The minimum Gasteiger partial charge on any atom is -0.310 e. The first-order chi connectivity index (χ1) is 31.2. The minimum atomic E-state index is -1.87. The van der Waals surface area contributed by atoms with Gasteiger partial charge in [0.1, 0.15) is 17.3 Å². The Balaban J connectivity index is 0.972. The minimum absolute atomic E-state index is 0.00364. The van der Waals surface area contributed by atoms with Crippen LogP contribution in [0.15, 0.2) is 170 Å². The lowest BCUT2D eigenvalue weighted by atomic mass is 9.87. The van der Waals surface area contributed by atoms with Crippen LogP contribution in [0.1, 0.15) is 54.6 Å². The number of carbonyl (C=O) groups excluding carboxylic acids is 2. The van der Waals surface area contributed by atoms with Crippen LogP contribution in [-0.2, 0) is 28.1 Å². The molecule has 5 aromatic heterocycles. The number of hydrogen-bond acceptors (Lipinski definition) is 10. The quantitative estimate of drug-likeness (QED) is 0.108. The van der Waals surface area contributed by atoms with E-state index in [2.05, 4.69) is 46.0 Å². The van der Waals surface area contributed by atoms with Crippen LogP contribution in [0.4, 0.5) is 16.0 Å². The molecule has 0 fully saturated rings. The van der Waals surface area contributed by atoms with E-state index in [0.29, 0.717) is 51.0 Å². The average Bonchev–Trinajstić information content (AvgIpc) is 3.30. The van der Waals surface area contributed by atoms with Crippen LogP contribution in [-0.4, -0.2) is 52.9 Å². The van der Waals surface area contributed by atoms with Gasteiger partial charge in [0.2, 0.25) is 11.8 Å². The van der Waals surface area contributed by atoms with Crippen molar-refractivity contribution in [3.8, 4) is 33.5 Å². The number of anilines is 2. The van der Waals surface area contributed by atoms with Crippen LogP contribution < -0.4 is 10.6 Å². The van der Waals surface area contributed by atoms with Gasteiger partial charge in [-0.05, 0) is 110 Å². The molecular formula is C51H43FN10O2. The van der Waals surface area contributed by atoms with Gasteiger partial charge < -0.3 is 10.6 Å². The largest absolute Gasteiger partial charge is 0.310 e. The van der Waals surface area contributed by atoms with Gasteiger partial charge in [-0.3, -0.25) is 14.6 Å². The number of carbonyl (C=O) groups is 2. The molecule has 13 heteroatoms. The summed E-state index contributed by atoms with van der Waals surface area (Å²) in [7, 11) is 0. The smallest absolute Gasteiger partial charge is 0.229 e. The molecule has 0 radical (unpaired) electrons. The maximum atomic E-state index is 16.6. The number of aromatic nitrogens is 7. The molecule has 2 N–H and O–H groups in total. The van der Waals surface area contributed by atoms with E-state index in [0.717, 1.165) is 46.4 Å². The molecule has 2 aromatic carbocycles. The van der Waals surface area contributed by atoms with Crippen LogP contribution in [0.5, 0.6) is 0 Å². The maximum Gasteiger partial charge on any atom is 0.229 e. The lowest BCUT2D eigenvalue weighted by molar-refractivity contribution is -0.116. The number of aliphatic imine (C=N–C) groups is 1. The summed E-state index contributed by atoms with van der Waals surface area (Å²) in [6.07, 6.45) is 20.8. The Labute approximate surface area is 369 Å². The monoisotopic (exact) mass is 846 g/mol. The number of allylic oxidation sites excluding steroid dienone is 5. The molecule has 6 heterocycles. The summed E-state index contributed by atoms with van der Waals surface area (Å²) < 4.78 is 16.6. The Morgan fingerprint density at radius 2 is 1.39 bits per heavy atom. The predicted octanol–water partition coefficient (Wildman–Crippen LogP) is 9.76. The second-order valence-corrected chi connectivity index (χ2v) is 15.2. The van der Waals surface area contributed by atoms with Crippen molar-refractivity contribution in [1.29, 1.82) is 0 Å². The fourth-order valence-electron chi connectivity index (χ4n) is 7.24. The van der Waals surface area contributed by atoms with E-state index in [4.69, 9.17) is 4.99 Å². The highest BCUT2D eigenvalue weighted by Crippen LogP contribution is 2.37.